The molecular formula is C19H16N2O4. The molecule has 0 bridgehead atoms. The predicted octanol–water partition coefficient (Wildman–Crippen LogP) is 3.30. The number of hydrogen-bond donors (Lipinski definition) is 2. The number of aliphatic hydroxyl groups excluding tert-OH is 1. The highest BCUT2D eigenvalue weighted by atomic mass is 16.5. The molecule has 1 aliphatic rings. The van der Waals surface area contributed by atoms with E-state index in [1.165, 1.54) is 0 Å². The van der Waals surface area contributed by atoms with Gasteiger partial charge in [-0.05, 0) is 6.92 Å². The first kappa shape index (κ1) is 16.4. The SMILES string of the molecule is CCOC(=O)N/N=C(/C1=C(O)c2ccccc2C1=O)c1ccccc1. The Morgan fingerprint density at radius 1 is 1.08 bits per heavy atom. The van der Waals surface area contributed by atoms with Crippen molar-refractivity contribution >= 4 is 23.3 Å². The molecule has 0 heterocycles. The minimum atomic E-state index is -0.737. The molecule has 0 fully saturated rings. The Morgan fingerprint density at radius 3 is 2.36 bits per heavy atom. The third kappa shape index (κ3) is 3.14. The Morgan fingerprint density at radius 2 is 1.72 bits per heavy atom. The van der Waals surface area contributed by atoms with E-state index >= 15 is 0 Å². The molecule has 1 aliphatic carbocycles. The maximum Gasteiger partial charge on any atom is 0.427 e. The lowest BCUT2D eigenvalue weighted by atomic mass is 9.99. The van der Waals surface area contributed by atoms with Crippen molar-refractivity contribution in [2.24, 2.45) is 5.10 Å². The van der Waals surface area contributed by atoms with Gasteiger partial charge in [0.25, 0.3) is 0 Å². The van der Waals surface area contributed by atoms with Gasteiger partial charge in [0.1, 0.15) is 11.5 Å². The third-order valence-electron chi connectivity index (χ3n) is 3.71. The van der Waals surface area contributed by atoms with Gasteiger partial charge in [-0.25, -0.2) is 10.2 Å². The highest BCUT2D eigenvalue weighted by Crippen LogP contribution is 2.32. The number of carbonyl (C=O) groups excluding carboxylic acids is 2. The van der Waals surface area contributed by atoms with Gasteiger partial charge >= 0.3 is 6.09 Å². The quantitative estimate of drug-likeness (QED) is 0.662. The van der Waals surface area contributed by atoms with Crippen molar-refractivity contribution in [1.29, 1.82) is 0 Å². The van der Waals surface area contributed by atoms with Crippen molar-refractivity contribution in [3.05, 3.63) is 76.9 Å². The van der Waals surface area contributed by atoms with Crippen molar-refractivity contribution in [3.8, 4) is 0 Å². The molecule has 6 heteroatoms. The van der Waals surface area contributed by atoms with E-state index in [0.717, 1.165) is 0 Å². The van der Waals surface area contributed by atoms with Gasteiger partial charge in [-0.15, -0.1) is 0 Å². The van der Waals surface area contributed by atoms with Gasteiger partial charge in [-0.2, -0.15) is 5.10 Å². The van der Waals surface area contributed by atoms with Gasteiger partial charge in [0.2, 0.25) is 0 Å². The summed E-state index contributed by atoms with van der Waals surface area (Å²) in [7, 11) is 0. The molecule has 0 aromatic heterocycles. The lowest BCUT2D eigenvalue weighted by Gasteiger charge is -2.08. The Hall–Kier alpha value is -3.41. The average Bonchev–Trinajstić information content (AvgIpc) is 2.89. The number of Topliss-reactive ketones (excluding diaryl/α,β-unsaturated/α-hetero) is 1. The molecule has 0 aliphatic heterocycles. The summed E-state index contributed by atoms with van der Waals surface area (Å²) in [4.78, 5) is 24.3. The number of allylic oxidation sites excluding steroid dienone is 1. The van der Waals surface area contributed by atoms with E-state index in [2.05, 4.69) is 10.5 Å². The number of aliphatic hydroxyl groups is 1. The molecule has 126 valence electrons. The van der Waals surface area contributed by atoms with E-state index in [9.17, 15) is 14.7 Å². The van der Waals surface area contributed by atoms with Gasteiger partial charge in [0.05, 0.1) is 12.2 Å². The molecule has 0 atom stereocenters. The molecule has 0 unspecified atom stereocenters. The molecule has 2 aromatic rings. The van der Waals surface area contributed by atoms with Gasteiger partial charge in [-0.1, -0.05) is 54.6 Å². The molecule has 0 spiro atoms. The number of nitrogens with one attached hydrogen (secondary N) is 1. The number of hydrogen-bond acceptors (Lipinski definition) is 5. The molecular weight excluding hydrogens is 320 g/mol. The average molecular weight is 336 g/mol. The van der Waals surface area contributed by atoms with E-state index in [0.29, 0.717) is 16.7 Å². The number of ketones is 1. The van der Waals surface area contributed by atoms with Crippen LogP contribution in [0.3, 0.4) is 0 Å². The minimum absolute atomic E-state index is 0.0456. The fraction of sp³-hybridized carbons (Fsp3) is 0.105. The number of ether oxygens (including phenoxy) is 1. The van der Waals surface area contributed by atoms with Gasteiger partial charge < -0.3 is 9.84 Å². The summed E-state index contributed by atoms with van der Waals surface area (Å²) in [5, 5.41) is 14.6. The number of nitrogens with zero attached hydrogens (tertiary/aromatic N) is 1. The Labute approximate surface area is 144 Å². The summed E-state index contributed by atoms with van der Waals surface area (Å²) in [6.07, 6.45) is -0.737. The Balaban J connectivity index is 2.07. The molecule has 6 nitrogen and oxygen atoms in total. The van der Waals surface area contributed by atoms with Crippen LogP contribution in [0.5, 0.6) is 0 Å². The van der Waals surface area contributed by atoms with E-state index in [1.807, 2.05) is 6.07 Å². The van der Waals surface area contributed by atoms with Crippen LogP contribution in [0.15, 0.2) is 65.3 Å². The number of carbonyl (C=O) groups is 2. The van der Waals surface area contributed by atoms with Crippen molar-refractivity contribution < 1.29 is 19.4 Å². The summed E-state index contributed by atoms with van der Waals surface area (Å²) in [5.41, 5.74) is 3.90. The molecule has 3 rings (SSSR count). The van der Waals surface area contributed by atoms with Crippen molar-refractivity contribution in [1.82, 2.24) is 5.43 Å². The largest absolute Gasteiger partial charge is 0.506 e. The Kier molecular flexibility index (Phi) is 4.61. The fourth-order valence-electron chi connectivity index (χ4n) is 2.61. The molecule has 25 heavy (non-hydrogen) atoms. The smallest absolute Gasteiger partial charge is 0.427 e. The van der Waals surface area contributed by atoms with Crippen LogP contribution >= 0.6 is 0 Å². The van der Waals surface area contributed by atoms with Crippen LogP contribution < -0.4 is 5.43 Å². The number of benzene rings is 2. The monoisotopic (exact) mass is 336 g/mol. The molecule has 0 saturated carbocycles. The maximum absolute atomic E-state index is 12.7. The fourth-order valence-corrected chi connectivity index (χ4v) is 2.61. The summed E-state index contributed by atoms with van der Waals surface area (Å²) in [6.45, 7) is 1.87. The number of hydrazone groups is 1. The summed E-state index contributed by atoms with van der Waals surface area (Å²) >= 11 is 0. The molecule has 0 radical (unpaired) electrons. The third-order valence-corrected chi connectivity index (χ3v) is 3.71. The second-order valence-corrected chi connectivity index (χ2v) is 5.26. The van der Waals surface area contributed by atoms with E-state index in [-0.39, 0.29) is 29.4 Å². The van der Waals surface area contributed by atoms with Crippen LogP contribution in [0.1, 0.15) is 28.4 Å². The summed E-state index contributed by atoms with van der Waals surface area (Å²) in [5.74, 6) is -0.504. The molecule has 1 amide bonds. The first-order chi connectivity index (χ1) is 12.1. The standard InChI is InChI=1S/C19H16N2O4/c1-2-25-19(24)21-20-16(12-8-4-3-5-9-12)15-17(22)13-10-6-7-11-14(13)18(15)23/h3-11,22H,2H2,1H3,(H,21,24)/b20-16+. The van der Waals surface area contributed by atoms with Crippen LogP contribution in [-0.4, -0.2) is 29.3 Å². The zero-order valence-corrected chi connectivity index (χ0v) is 13.5. The molecule has 0 saturated heterocycles. The van der Waals surface area contributed by atoms with E-state index in [4.69, 9.17) is 4.74 Å². The van der Waals surface area contributed by atoms with Crippen LogP contribution in [0.2, 0.25) is 0 Å². The van der Waals surface area contributed by atoms with Crippen LogP contribution in [-0.2, 0) is 4.74 Å². The van der Waals surface area contributed by atoms with Crippen molar-refractivity contribution in [2.45, 2.75) is 6.92 Å². The van der Waals surface area contributed by atoms with Gasteiger partial charge in [0, 0.05) is 16.7 Å². The zero-order valence-electron chi connectivity index (χ0n) is 13.5. The van der Waals surface area contributed by atoms with E-state index in [1.54, 1.807) is 55.5 Å². The Bertz CT molecular complexity index is 885. The normalized spacial score (nSPS) is 13.6. The lowest BCUT2D eigenvalue weighted by Crippen LogP contribution is -2.23. The van der Waals surface area contributed by atoms with Crippen LogP contribution in [0.25, 0.3) is 5.76 Å². The highest BCUT2D eigenvalue weighted by molar-refractivity contribution is 6.39. The predicted molar refractivity (Wildman–Crippen MR) is 93.5 cm³/mol. The van der Waals surface area contributed by atoms with Crippen LogP contribution in [0.4, 0.5) is 4.79 Å². The van der Waals surface area contributed by atoms with Crippen molar-refractivity contribution in [3.63, 3.8) is 0 Å². The maximum atomic E-state index is 12.7. The van der Waals surface area contributed by atoms with Gasteiger partial charge in [-0.3, -0.25) is 4.79 Å². The molecule has 2 N–H and O–H groups in total. The second kappa shape index (κ2) is 7.00. The molecule has 2 aromatic carbocycles. The van der Waals surface area contributed by atoms with E-state index < -0.39 is 6.09 Å². The lowest BCUT2D eigenvalue weighted by molar-refractivity contribution is 0.104. The van der Waals surface area contributed by atoms with Gasteiger partial charge in [0.15, 0.2) is 5.78 Å². The summed E-state index contributed by atoms with van der Waals surface area (Å²) < 4.78 is 4.79. The highest BCUT2D eigenvalue weighted by Gasteiger charge is 2.33. The van der Waals surface area contributed by atoms with Crippen molar-refractivity contribution in [2.75, 3.05) is 6.61 Å². The summed E-state index contributed by atoms with van der Waals surface area (Å²) in [6, 6.07) is 15.6. The minimum Gasteiger partial charge on any atom is -0.506 e. The van der Waals surface area contributed by atoms with Crippen LogP contribution in [0, 0.1) is 0 Å². The zero-order chi connectivity index (χ0) is 17.8. The number of amides is 1. The number of fused-ring (bicyclic) bond motifs is 1. The second-order valence-electron chi connectivity index (χ2n) is 5.26. The first-order valence-electron chi connectivity index (χ1n) is 7.77. The number of rotatable bonds is 4. The first-order valence-corrected chi connectivity index (χ1v) is 7.77. The topological polar surface area (TPSA) is 88.0 Å².